The zero-order valence-electron chi connectivity index (χ0n) is 5.09. The minimum Gasteiger partial charge on any atom is -0.450 e. The second-order valence-corrected chi connectivity index (χ2v) is 1.32. The van der Waals surface area contributed by atoms with E-state index in [0.29, 0.717) is 0 Å². The topological polar surface area (TPSA) is 67.8 Å². The lowest BCUT2D eigenvalue weighted by Crippen LogP contribution is -2.19. The number of carbonyl (C=O) groups is 1. The first kappa shape index (κ1) is 8.03. The van der Waals surface area contributed by atoms with E-state index in [9.17, 15) is 9.70 Å². The molecule has 0 aromatic heterocycles. The number of nitroso groups, excluding NO2 is 1. The molecule has 0 saturated carbocycles. The van der Waals surface area contributed by atoms with Gasteiger partial charge in [0.25, 0.3) is 0 Å². The molecule has 0 spiro atoms. The number of nitrogens with zero attached hydrogens (tertiary/aromatic N) is 1. The van der Waals surface area contributed by atoms with E-state index in [4.69, 9.17) is 0 Å². The van der Waals surface area contributed by atoms with Gasteiger partial charge in [0.2, 0.25) is 0 Å². The lowest BCUT2D eigenvalue weighted by Gasteiger charge is -1.98. The van der Waals surface area contributed by atoms with Crippen LogP contribution in [0.4, 0.5) is 0 Å². The maximum absolute atomic E-state index is 10.0. The summed E-state index contributed by atoms with van der Waals surface area (Å²) in [6, 6.07) is 0. The predicted molar refractivity (Wildman–Crippen MR) is 30.4 cm³/mol. The Morgan fingerprint density at radius 1 is 1.78 bits per heavy atom. The van der Waals surface area contributed by atoms with Crippen molar-refractivity contribution in [2.45, 2.75) is 6.92 Å². The van der Waals surface area contributed by atoms with Crippen LogP contribution in [0.5, 0.6) is 0 Å². The molecule has 1 N–H and O–H groups in total. The first-order valence-electron chi connectivity index (χ1n) is 2.40. The van der Waals surface area contributed by atoms with Crippen LogP contribution in [0.25, 0.3) is 0 Å². The maximum Gasteiger partial charge on any atom is 0.303 e. The molecule has 0 atom stereocenters. The monoisotopic (exact) mass is 132 g/mol. The van der Waals surface area contributed by atoms with Crippen molar-refractivity contribution in [1.82, 2.24) is 5.32 Å². The average molecular weight is 132 g/mol. The number of nitrogens with one attached hydrogen (secondary N) is 1. The van der Waals surface area contributed by atoms with Gasteiger partial charge in [-0.3, -0.25) is 10.1 Å². The highest BCUT2D eigenvalue weighted by atomic mass is 16.5. The van der Waals surface area contributed by atoms with Crippen molar-refractivity contribution in [3.05, 3.63) is 4.91 Å². The smallest absolute Gasteiger partial charge is 0.303 e. The van der Waals surface area contributed by atoms with E-state index in [2.05, 4.69) is 15.2 Å². The maximum atomic E-state index is 10.0. The van der Waals surface area contributed by atoms with Gasteiger partial charge in [-0.25, -0.2) is 0 Å². The van der Waals surface area contributed by atoms with Crippen LogP contribution in [0.2, 0.25) is 0 Å². The molecular formula is C4H8N2O3. The van der Waals surface area contributed by atoms with Crippen LogP contribution in [-0.4, -0.2) is 19.4 Å². The molecule has 0 aliphatic rings. The summed E-state index contributed by atoms with van der Waals surface area (Å²) in [6.07, 6.45) is 0. The average Bonchev–Trinajstić information content (AvgIpc) is 1.80. The number of rotatable bonds is 4. The fourth-order valence-corrected chi connectivity index (χ4v) is 0.244. The number of carbonyl (C=O) groups excluding carboxylic acids is 1. The van der Waals surface area contributed by atoms with Crippen LogP contribution >= 0.6 is 0 Å². The van der Waals surface area contributed by atoms with Crippen molar-refractivity contribution < 1.29 is 9.53 Å². The Labute approximate surface area is 52.4 Å². The van der Waals surface area contributed by atoms with Crippen molar-refractivity contribution in [3.8, 4) is 0 Å². The zero-order valence-corrected chi connectivity index (χ0v) is 5.09. The Hall–Kier alpha value is -0.970. The lowest BCUT2D eigenvalue weighted by atomic mass is 10.8. The number of hydrogen-bond donors (Lipinski definition) is 1. The molecule has 0 unspecified atom stereocenters. The third-order valence-corrected chi connectivity index (χ3v) is 0.554. The highest BCUT2D eigenvalue weighted by Crippen LogP contribution is 1.70. The SMILES string of the molecule is CC(=O)OCNCN=O. The summed E-state index contributed by atoms with van der Waals surface area (Å²) in [5.41, 5.74) is 0. The van der Waals surface area contributed by atoms with Gasteiger partial charge in [-0.05, 0) is 0 Å². The van der Waals surface area contributed by atoms with E-state index in [1.807, 2.05) is 0 Å². The van der Waals surface area contributed by atoms with Crippen molar-refractivity contribution in [1.29, 1.82) is 0 Å². The van der Waals surface area contributed by atoms with Gasteiger partial charge in [-0.2, -0.15) is 0 Å². The van der Waals surface area contributed by atoms with Crippen LogP contribution in [0.3, 0.4) is 0 Å². The van der Waals surface area contributed by atoms with Crippen molar-refractivity contribution in [2.24, 2.45) is 5.18 Å². The lowest BCUT2D eigenvalue weighted by molar-refractivity contribution is -0.141. The van der Waals surface area contributed by atoms with E-state index in [1.54, 1.807) is 0 Å². The Kier molecular flexibility index (Phi) is 4.61. The Morgan fingerprint density at radius 3 is 2.89 bits per heavy atom. The molecule has 0 aromatic rings. The molecule has 0 heterocycles. The molecule has 9 heavy (non-hydrogen) atoms. The largest absolute Gasteiger partial charge is 0.450 e. The highest BCUT2D eigenvalue weighted by Gasteiger charge is 1.88. The summed E-state index contributed by atoms with van der Waals surface area (Å²) < 4.78 is 4.40. The second kappa shape index (κ2) is 5.17. The third kappa shape index (κ3) is 7.03. The first-order valence-corrected chi connectivity index (χ1v) is 2.40. The molecule has 0 saturated heterocycles. The molecule has 0 radical (unpaired) electrons. The second-order valence-electron chi connectivity index (χ2n) is 1.32. The van der Waals surface area contributed by atoms with Crippen LogP contribution < -0.4 is 5.32 Å². The van der Waals surface area contributed by atoms with Gasteiger partial charge in [0, 0.05) is 6.92 Å². The molecule has 0 aliphatic heterocycles. The van der Waals surface area contributed by atoms with Gasteiger partial charge >= 0.3 is 5.97 Å². The summed E-state index contributed by atoms with van der Waals surface area (Å²) in [6.45, 7) is 1.30. The zero-order chi connectivity index (χ0) is 7.11. The van der Waals surface area contributed by atoms with Crippen molar-refractivity contribution >= 4 is 5.97 Å². The number of hydrogen-bond acceptors (Lipinski definition) is 5. The van der Waals surface area contributed by atoms with Gasteiger partial charge in [0.15, 0.2) is 0 Å². The summed E-state index contributed by atoms with van der Waals surface area (Å²) in [4.78, 5) is 19.4. The summed E-state index contributed by atoms with van der Waals surface area (Å²) in [5.74, 6) is -0.381. The van der Waals surface area contributed by atoms with Crippen LogP contribution in [0.1, 0.15) is 6.92 Å². The normalized spacial score (nSPS) is 8.56. The first-order chi connectivity index (χ1) is 4.27. The van der Waals surface area contributed by atoms with Crippen LogP contribution in [0, 0.1) is 4.91 Å². The van der Waals surface area contributed by atoms with E-state index >= 15 is 0 Å². The fraction of sp³-hybridized carbons (Fsp3) is 0.750. The van der Waals surface area contributed by atoms with Crippen molar-refractivity contribution in [3.63, 3.8) is 0 Å². The minimum absolute atomic E-state index is 0.0344. The van der Waals surface area contributed by atoms with E-state index in [-0.39, 0.29) is 19.4 Å². The molecule has 0 aliphatic carbocycles. The molecule has 5 heteroatoms. The number of esters is 1. The standard InChI is InChI=1S/C4H8N2O3/c1-4(7)9-3-5-2-6-8/h5H,2-3H2,1H3. The summed E-state index contributed by atoms with van der Waals surface area (Å²) >= 11 is 0. The quantitative estimate of drug-likeness (QED) is 0.249. The molecule has 0 amide bonds. The van der Waals surface area contributed by atoms with Gasteiger partial charge in [0.05, 0.1) is 0 Å². The molecule has 0 rings (SSSR count). The summed E-state index contributed by atoms with van der Waals surface area (Å²) in [5, 5.41) is 4.92. The van der Waals surface area contributed by atoms with Gasteiger partial charge < -0.3 is 4.74 Å². The van der Waals surface area contributed by atoms with Gasteiger partial charge in [-0.15, -0.1) is 4.91 Å². The van der Waals surface area contributed by atoms with Crippen molar-refractivity contribution in [2.75, 3.05) is 13.4 Å². The molecule has 0 aromatic carbocycles. The minimum atomic E-state index is -0.381. The molecule has 52 valence electrons. The predicted octanol–water partition coefficient (Wildman–Crippen LogP) is -0.179. The fourth-order valence-electron chi connectivity index (χ4n) is 0.244. The molecule has 0 bridgehead atoms. The Bertz CT molecular complexity index is 104. The van der Waals surface area contributed by atoms with Crippen LogP contribution in [0.15, 0.2) is 5.18 Å². The Morgan fingerprint density at radius 2 is 2.44 bits per heavy atom. The number of ether oxygens (including phenoxy) is 1. The van der Waals surface area contributed by atoms with Gasteiger partial charge in [-0.1, -0.05) is 5.18 Å². The van der Waals surface area contributed by atoms with Crippen LogP contribution in [-0.2, 0) is 9.53 Å². The summed E-state index contributed by atoms with van der Waals surface area (Å²) in [7, 11) is 0. The van der Waals surface area contributed by atoms with E-state index in [0.717, 1.165) is 0 Å². The van der Waals surface area contributed by atoms with E-state index in [1.165, 1.54) is 6.92 Å². The molecular weight excluding hydrogens is 124 g/mol. The third-order valence-electron chi connectivity index (χ3n) is 0.554. The molecule has 0 fully saturated rings. The molecule has 5 nitrogen and oxygen atoms in total. The highest BCUT2D eigenvalue weighted by molar-refractivity contribution is 5.65. The van der Waals surface area contributed by atoms with E-state index < -0.39 is 0 Å². The Balaban J connectivity index is 2.91. The van der Waals surface area contributed by atoms with Gasteiger partial charge in [0.1, 0.15) is 13.4 Å².